The summed E-state index contributed by atoms with van der Waals surface area (Å²) in [5, 5.41) is 3.28. The Morgan fingerprint density at radius 3 is 2.61 bits per heavy atom. The number of rotatable bonds is 7. The van der Waals surface area contributed by atoms with Gasteiger partial charge >= 0.3 is 0 Å². The van der Waals surface area contributed by atoms with E-state index >= 15 is 0 Å². The van der Waals surface area contributed by atoms with E-state index in [0.717, 1.165) is 19.3 Å². The minimum Gasteiger partial charge on any atom is -0.476 e. The SMILES string of the molecule is CCCCCNC(=O)[C@H]1CN(S(=O)(=O)c2ccc(Cl)cc2)c2ccccc2O1. The minimum absolute atomic E-state index is 0.0957. The van der Waals surface area contributed by atoms with Crippen molar-refractivity contribution < 1.29 is 17.9 Å². The van der Waals surface area contributed by atoms with Gasteiger partial charge in [0.2, 0.25) is 0 Å². The first kappa shape index (κ1) is 20.5. The fraction of sp³-hybridized carbons (Fsp3) is 0.350. The fourth-order valence-electron chi connectivity index (χ4n) is 3.00. The minimum atomic E-state index is -3.87. The number of carbonyl (C=O) groups is 1. The van der Waals surface area contributed by atoms with E-state index in [1.54, 1.807) is 24.3 Å². The van der Waals surface area contributed by atoms with Gasteiger partial charge in [-0.25, -0.2) is 8.42 Å². The number of unbranched alkanes of at least 4 members (excludes halogenated alkanes) is 2. The van der Waals surface area contributed by atoms with Gasteiger partial charge in [0.05, 0.1) is 17.1 Å². The zero-order chi connectivity index (χ0) is 20.1. The molecule has 0 spiro atoms. The van der Waals surface area contributed by atoms with Gasteiger partial charge in [-0.3, -0.25) is 9.10 Å². The van der Waals surface area contributed by atoms with E-state index in [-0.39, 0.29) is 17.3 Å². The fourth-order valence-corrected chi connectivity index (χ4v) is 4.60. The molecule has 1 atom stereocenters. The summed E-state index contributed by atoms with van der Waals surface area (Å²) in [6.07, 6.45) is 2.03. The van der Waals surface area contributed by atoms with Crippen LogP contribution in [-0.4, -0.2) is 33.5 Å². The predicted molar refractivity (Wildman–Crippen MR) is 109 cm³/mol. The van der Waals surface area contributed by atoms with Crippen molar-refractivity contribution in [2.24, 2.45) is 0 Å². The maximum atomic E-state index is 13.2. The van der Waals surface area contributed by atoms with Crippen LogP contribution in [0.15, 0.2) is 53.4 Å². The van der Waals surface area contributed by atoms with Crippen molar-refractivity contribution in [2.45, 2.75) is 37.2 Å². The highest BCUT2D eigenvalue weighted by molar-refractivity contribution is 7.92. The molecule has 0 saturated carbocycles. The van der Waals surface area contributed by atoms with Crippen LogP contribution in [0.2, 0.25) is 5.02 Å². The van der Waals surface area contributed by atoms with Crippen LogP contribution in [0.4, 0.5) is 5.69 Å². The zero-order valence-electron chi connectivity index (χ0n) is 15.6. The molecule has 1 N–H and O–H groups in total. The molecule has 150 valence electrons. The molecule has 1 amide bonds. The lowest BCUT2D eigenvalue weighted by Gasteiger charge is -2.34. The molecule has 0 unspecified atom stereocenters. The number of nitrogens with zero attached hydrogens (tertiary/aromatic N) is 1. The number of fused-ring (bicyclic) bond motifs is 1. The quantitative estimate of drug-likeness (QED) is 0.691. The van der Waals surface area contributed by atoms with E-state index < -0.39 is 16.1 Å². The number of carbonyl (C=O) groups excluding carboxylic acids is 1. The van der Waals surface area contributed by atoms with Crippen LogP contribution in [0.3, 0.4) is 0 Å². The average Bonchev–Trinajstić information content (AvgIpc) is 2.70. The molecule has 8 heteroatoms. The Balaban J connectivity index is 1.87. The number of sulfonamides is 1. The summed E-state index contributed by atoms with van der Waals surface area (Å²) in [7, 11) is -3.87. The van der Waals surface area contributed by atoms with Gasteiger partial charge in [-0.15, -0.1) is 0 Å². The van der Waals surface area contributed by atoms with E-state index in [2.05, 4.69) is 12.2 Å². The standard InChI is InChI=1S/C20H23ClN2O4S/c1-2-3-6-13-22-20(24)19-14-23(17-7-4-5-8-18(17)27-19)28(25,26)16-11-9-15(21)10-12-16/h4-5,7-12,19H,2-3,6,13-14H2,1H3,(H,22,24)/t19-/m1/s1. The molecule has 2 aromatic carbocycles. The number of amides is 1. The van der Waals surface area contributed by atoms with Crippen molar-refractivity contribution in [2.75, 3.05) is 17.4 Å². The molecule has 0 radical (unpaired) electrons. The monoisotopic (exact) mass is 422 g/mol. The second-order valence-corrected chi connectivity index (χ2v) is 8.86. The Morgan fingerprint density at radius 2 is 1.89 bits per heavy atom. The van der Waals surface area contributed by atoms with Crippen LogP contribution in [0, 0.1) is 0 Å². The molecule has 2 aromatic rings. The number of ether oxygens (including phenoxy) is 1. The van der Waals surface area contributed by atoms with E-state index in [1.807, 2.05) is 0 Å². The molecule has 6 nitrogen and oxygen atoms in total. The van der Waals surface area contributed by atoms with Crippen molar-refractivity contribution in [3.8, 4) is 5.75 Å². The molecule has 28 heavy (non-hydrogen) atoms. The number of hydrogen-bond acceptors (Lipinski definition) is 4. The van der Waals surface area contributed by atoms with Crippen LogP contribution in [0.1, 0.15) is 26.2 Å². The molecule has 1 heterocycles. The summed E-state index contributed by atoms with van der Waals surface area (Å²) in [6.45, 7) is 2.53. The second-order valence-electron chi connectivity index (χ2n) is 6.56. The van der Waals surface area contributed by atoms with Gasteiger partial charge in [-0.05, 0) is 42.8 Å². The molecule has 1 aliphatic heterocycles. The molecular weight excluding hydrogens is 400 g/mol. The Bertz CT molecular complexity index is 931. The van der Waals surface area contributed by atoms with Crippen LogP contribution < -0.4 is 14.4 Å². The third-order valence-electron chi connectivity index (χ3n) is 4.51. The Morgan fingerprint density at radius 1 is 1.18 bits per heavy atom. The maximum absolute atomic E-state index is 13.2. The number of benzene rings is 2. The Kier molecular flexibility index (Phi) is 6.46. The Hall–Kier alpha value is -2.25. The summed E-state index contributed by atoms with van der Waals surface area (Å²) < 4.78 is 33.5. The van der Waals surface area contributed by atoms with Crippen LogP contribution in [0.25, 0.3) is 0 Å². The summed E-state index contributed by atoms with van der Waals surface area (Å²) in [6, 6.07) is 12.8. The van der Waals surface area contributed by atoms with E-state index in [4.69, 9.17) is 16.3 Å². The predicted octanol–water partition coefficient (Wildman–Crippen LogP) is 3.60. The van der Waals surface area contributed by atoms with Crippen molar-refractivity contribution in [1.82, 2.24) is 5.32 Å². The van der Waals surface area contributed by atoms with E-state index in [9.17, 15) is 13.2 Å². The highest BCUT2D eigenvalue weighted by Gasteiger charge is 2.37. The Labute approximate surface area is 170 Å². The molecule has 0 bridgehead atoms. The van der Waals surface area contributed by atoms with Crippen molar-refractivity contribution in [3.05, 3.63) is 53.6 Å². The van der Waals surface area contributed by atoms with Gasteiger partial charge in [-0.1, -0.05) is 43.5 Å². The lowest BCUT2D eigenvalue weighted by molar-refractivity contribution is -0.127. The normalized spacial score (nSPS) is 16.2. The maximum Gasteiger partial charge on any atom is 0.264 e. The lowest BCUT2D eigenvalue weighted by Crippen LogP contribution is -2.50. The van der Waals surface area contributed by atoms with Crippen LogP contribution in [-0.2, 0) is 14.8 Å². The molecule has 0 aliphatic carbocycles. The van der Waals surface area contributed by atoms with Gasteiger partial charge in [0.15, 0.2) is 6.10 Å². The van der Waals surface area contributed by atoms with Gasteiger partial charge < -0.3 is 10.1 Å². The number of para-hydroxylation sites is 2. The largest absolute Gasteiger partial charge is 0.476 e. The molecule has 0 fully saturated rings. The summed E-state index contributed by atoms with van der Waals surface area (Å²) in [5.74, 6) is 0.0434. The van der Waals surface area contributed by atoms with Crippen molar-refractivity contribution in [1.29, 1.82) is 0 Å². The number of nitrogens with one attached hydrogen (secondary N) is 1. The second kappa shape index (κ2) is 8.84. The van der Waals surface area contributed by atoms with Gasteiger partial charge in [-0.2, -0.15) is 0 Å². The third-order valence-corrected chi connectivity index (χ3v) is 6.55. The number of hydrogen-bond donors (Lipinski definition) is 1. The average molecular weight is 423 g/mol. The van der Waals surface area contributed by atoms with Gasteiger partial charge in [0.25, 0.3) is 15.9 Å². The van der Waals surface area contributed by atoms with Crippen LogP contribution in [0.5, 0.6) is 5.75 Å². The van der Waals surface area contributed by atoms with Crippen molar-refractivity contribution in [3.63, 3.8) is 0 Å². The lowest BCUT2D eigenvalue weighted by atomic mass is 10.2. The highest BCUT2D eigenvalue weighted by atomic mass is 35.5. The summed E-state index contributed by atoms with van der Waals surface area (Å²) in [4.78, 5) is 12.7. The zero-order valence-corrected chi connectivity index (χ0v) is 17.2. The van der Waals surface area contributed by atoms with E-state index in [1.165, 1.54) is 28.6 Å². The first-order valence-corrected chi connectivity index (χ1v) is 11.1. The molecule has 1 aliphatic rings. The molecule has 3 rings (SSSR count). The third kappa shape index (κ3) is 4.42. The van der Waals surface area contributed by atoms with Crippen molar-refractivity contribution >= 4 is 33.2 Å². The summed E-state index contributed by atoms with van der Waals surface area (Å²) in [5.41, 5.74) is 0.410. The van der Waals surface area contributed by atoms with Gasteiger partial charge in [0.1, 0.15) is 5.75 Å². The summed E-state index contributed by atoms with van der Waals surface area (Å²) >= 11 is 5.88. The molecule has 0 aromatic heterocycles. The first-order chi connectivity index (χ1) is 13.4. The number of halogens is 1. The topological polar surface area (TPSA) is 75.7 Å². The molecule has 0 saturated heterocycles. The molecular formula is C20H23ClN2O4S. The number of anilines is 1. The highest BCUT2D eigenvalue weighted by Crippen LogP contribution is 2.36. The first-order valence-electron chi connectivity index (χ1n) is 9.25. The van der Waals surface area contributed by atoms with E-state index in [0.29, 0.717) is 23.0 Å². The smallest absolute Gasteiger partial charge is 0.264 e. The van der Waals surface area contributed by atoms with Crippen LogP contribution >= 0.6 is 11.6 Å². The van der Waals surface area contributed by atoms with Gasteiger partial charge in [0, 0.05) is 11.6 Å².